The van der Waals surface area contributed by atoms with Gasteiger partial charge in [0.25, 0.3) is 0 Å². The van der Waals surface area contributed by atoms with E-state index in [-0.39, 0.29) is 11.9 Å². The van der Waals surface area contributed by atoms with E-state index in [4.69, 9.17) is 4.74 Å². The minimum Gasteiger partial charge on any atom is -0.466 e. The van der Waals surface area contributed by atoms with Crippen LogP contribution >= 0.6 is 22.7 Å². The first-order valence-corrected chi connectivity index (χ1v) is 7.77. The molecule has 3 nitrogen and oxygen atoms in total. The predicted octanol–water partition coefficient (Wildman–Crippen LogP) is 1.94. The van der Waals surface area contributed by atoms with Crippen LogP contribution in [0.15, 0.2) is 10.8 Å². The Morgan fingerprint density at radius 2 is 2.18 bits per heavy atom. The summed E-state index contributed by atoms with van der Waals surface area (Å²) < 4.78 is 8.77. The maximum absolute atomic E-state index is 11.8. The van der Waals surface area contributed by atoms with Crippen LogP contribution in [-0.4, -0.2) is 25.2 Å². The van der Waals surface area contributed by atoms with Crippen molar-refractivity contribution in [1.29, 1.82) is 0 Å². The van der Waals surface area contributed by atoms with Gasteiger partial charge in [-0.2, -0.15) is 0 Å². The third kappa shape index (κ3) is 2.96. The highest BCUT2D eigenvalue weighted by Gasteiger charge is 2.34. The zero-order valence-corrected chi connectivity index (χ0v) is 11.9. The van der Waals surface area contributed by atoms with Crippen molar-refractivity contribution in [2.45, 2.75) is 32.7 Å². The lowest BCUT2D eigenvalue weighted by molar-refractivity contribution is -0.149. The highest BCUT2D eigenvalue weighted by Crippen LogP contribution is 2.18. The average molecular weight is 272 g/mol. The lowest BCUT2D eigenvalue weighted by atomic mass is 9.95. The Labute approximate surface area is 109 Å². The highest BCUT2D eigenvalue weighted by atomic mass is 32.2. The van der Waals surface area contributed by atoms with E-state index in [9.17, 15) is 4.79 Å². The van der Waals surface area contributed by atoms with Gasteiger partial charge in [0.05, 0.1) is 6.61 Å². The van der Waals surface area contributed by atoms with Crippen molar-refractivity contribution in [3.8, 4) is 0 Å². The molecule has 0 saturated carbocycles. The molecule has 17 heavy (non-hydrogen) atoms. The Kier molecular flexibility index (Phi) is 4.34. The van der Waals surface area contributed by atoms with Crippen LogP contribution in [0.5, 0.6) is 0 Å². The maximum atomic E-state index is 11.8. The van der Waals surface area contributed by atoms with E-state index in [0.717, 1.165) is 19.4 Å². The van der Waals surface area contributed by atoms with E-state index in [0.29, 0.717) is 12.6 Å². The zero-order valence-electron chi connectivity index (χ0n) is 10.2. The monoisotopic (exact) mass is 272 g/mol. The van der Waals surface area contributed by atoms with Gasteiger partial charge < -0.3 is 4.74 Å². The number of nitrogens with zero attached hydrogens (tertiary/aromatic N) is 1. The molecule has 0 aromatic carbocycles. The normalized spacial score (nSPS) is 24.7. The second-order valence-electron chi connectivity index (χ2n) is 4.30. The van der Waals surface area contributed by atoms with Crippen molar-refractivity contribution in [3.05, 3.63) is 14.7 Å². The second-order valence-corrected chi connectivity index (χ2v) is 6.35. The van der Waals surface area contributed by atoms with E-state index in [1.807, 2.05) is 6.92 Å². The Balaban J connectivity index is 2.19. The molecule has 1 aliphatic rings. The van der Waals surface area contributed by atoms with Crippen LogP contribution < -0.4 is 8.56 Å². The molecule has 1 aromatic heterocycles. The number of carbonyl (C=O) groups is 1. The van der Waals surface area contributed by atoms with E-state index in [1.54, 1.807) is 22.7 Å². The van der Waals surface area contributed by atoms with Gasteiger partial charge in [-0.25, -0.2) is 4.58 Å². The molecule has 0 amide bonds. The quantitative estimate of drug-likeness (QED) is 0.608. The van der Waals surface area contributed by atoms with Crippen LogP contribution in [0.4, 0.5) is 0 Å². The van der Waals surface area contributed by atoms with Gasteiger partial charge in [-0.05, 0) is 20.3 Å². The van der Waals surface area contributed by atoms with E-state index < -0.39 is 0 Å². The molecule has 1 aliphatic heterocycles. The lowest BCUT2D eigenvalue weighted by Crippen LogP contribution is -2.45. The Hall–Kier alpha value is -0.680. The van der Waals surface area contributed by atoms with Gasteiger partial charge in [0, 0.05) is 17.2 Å². The highest BCUT2D eigenvalue weighted by molar-refractivity contribution is 7.24. The lowest BCUT2D eigenvalue weighted by Gasteiger charge is -2.22. The first kappa shape index (κ1) is 12.8. The SMILES string of the molecule is CCOC(=O)C1CCC(C)[N+](=c2sccs2)C1. The second kappa shape index (κ2) is 5.78. The van der Waals surface area contributed by atoms with Crippen LogP contribution in [0.25, 0.3) is 0 Å². The molecule has 1 aromatic rings. The number of hydrogen-bond acceptors (Lipinski definition) is 4. The molecule has 0 radical (unpaired) electrons. The molecule has 0 bridgehead atoms. The number of piperidine rings is 1. The van der Waals surface area contributed by atoms with Gasteiger partial charge in [-0.1, -0.05) is 22.7 Å². The number of rotatable bonds is 2. The van der Waals surface area contributed by atoms with E-state index in [1.165, 1.54) is 3.98 Å². The smallest absolute Gasteiger partial charge is 0.315 e. The van der Waals surface area contributed by atoms with Gasteiger partial charge in [0.2, 0.25) is 0 Å². The summed E-state index contributed by atoms with van der Waals surface area (Å²) in [5.41, 5.74) is 0. The summed E-state index contributed by atoms with van der Waals surface area (Å²) in [6, 6.07) is 0.524. The maximum Gasteiger partial charge on any atom is 0.315 e. The van der Waals surface area contributed by atoms with E-state index >= 15 is 0 Å². The predicted molar refractivity (Wildman–Crippen MR) is 71.2 cm³/mol. The molecule has 0 aliphatic carbocycles. The molecular formula is C12H18NO2S2+. The Bertz CT molecular complexity index is 433. The van der Waals surface area contributed by atoms with Crippen LogP contribution in [0.1, 0.15) is 26.7 Å². The van der Waals surface area contributed by atoms with Gasteiger partial charge in [-0.15, -0.1) is 0 Å². The van der Waals surface area contributed by atoms with Crippen LogP contribution in [0, 0.1) is 5.92 Å². The number of esters is 1. The van der Waals surface area contributed by atoms with Gasteiger partial charge in [0.1, 0.15) is 5.92 Å². The topological polar surface area (TPSA) is 29.3 Å². The summed E-state index contributed by atoms with van der Waals surface area (Å²) in [4.78, 5) is 11.8. The fraction of sp³-hybridized carbons (Fsp3) is 0.667. The molecule has 1 fully saturated rings. The summed E-state index contributed by atoms with van der Waals surface area (Å²) in [6.45, 7) is 5.37. The number of carbonyl (C=O) groups excluding carboxylic acids is 1. The fourth-order valence-corrected chi connectivity index (χ4v) is 4.16. The van der Waals surface area contributed by atoms with Crippen LogP contribution in [0.3, 0.4) is 0 Å². The molecule has 0 spiro atoms. The zero-order chi connectivity index (χ0) is 12.3. The summed E-state index contributed by atoms with van der Waals surface area (Å²) in [5, 5.41) is 4.20. The molecule has 1 saturated heterocycles. The molecular weight excluding hydrogens is 254 g/mol. The molecule has 2 atom stereocenters. The van der Waals surface area contributed by atoms with Crippen molar-refractivity contribution in [1.82, 2.24) is 4.58 Å². The number of hydrogen-bond donors (Lipinski definition) is 0. The molecule has 2 rings (SSSR count). The van der Waals surface area contributed by atoms with Gasteiger partial charge in [-0.3, -0.25) is 4.79 Å². The average Bonchev–Trinajstić information content (AvgIpc) is 2.83. The van der Waals surface area contributed by atoms with Crippen molar-refractivity contribution >= 4 is 28.6 Å². The third-order valence-electron chi connectivity index (χ3n) is 3.13. The van der Waals surface area contributed by atoms with Crippen molar-refractivity contribution in [2.24, 2.45) is 5.92 Å². The summed E-state index contributed by atoms with van der Waals surface area (Å²) in [6.07, 6.45) is 2.01. The van der Waals surface area contributed by atoms with Gasteiger partial charge in [0.15, 0.2) is 12.6 Å². The molecule has 2 unspecified atom stereocenters. The number of ether oxygens (including phenoxy) is 1. The Morgan fingerprint density at radius 3 is 2.82 bits per heavy atom. The summed E-state index contributed by atoms with van der Waals surface area (Å²) in [7, 11) is 0. The molecule has 0 N–H and O–H groups in total. The van der Waals surface area contributed by atoms with E-state index in [2.05, 4.69) is 22.3 Å². The summed E-state index contributed by atoms with van der Waals surface area (Å²) in [5.74, 6) is 0.00593. The molecule has 5 heteroatoms. The van der Waals surface area contributed by atoms with Gasteiger partial charge >= 0.3 is 9.95 Å². The minimum absolute atomic E-state index is 0.0362. The first-order valence-electron chi connectivity index (χ1n) is 6.01. The van der Waals surface area contributed by atoms with Crippen molar-refractivity contribution in [3.63, 3.8) is 0 Å². The summed E-state index contributed by atoms with van der Waals surface area (Å²) >= 11 is 3.51. The van der Waals surface area contributed by atoms with Crippen molar-refractivity contribution < 1.29 is 9.53 Å². The first-order chi connectivity index (χ1) is 8.22. The standard InChI is InChI=1S/C12H18NO2S2/c1-3-15-11(14)10-5-4-9(2)13(8-10)12-16-6-7-17-12/h6-7,9-10H,3-5,8H2,1-2H3/q+1. The van der Waals surface area contributed by atoms with Crippen molar-refractivity contribution in [2.75, 3.05) is 13.2 Å². The Morgan fingerprint density at radius 1 is 1.47 bits per heavy atom. The molecule has 94 valence electrons. The van der Waals surface area contributed by atoms with Crippen LogP contribution in [-0.2, 0) is 9.53 Å². The third-order valence-corrected chi connectivity index (χ3v) is 5.30. The fourth-order valence-electron chi connectivity index (χ4n) is 2.15. The minimum atomic E-state index is -0.0362. The molecule has 2 heterocycles. The largest absolute Gasteiger partial charge is 0.466 e. The van der Waals surface area contributed by atoms with Crippen LogP contribution in [0.2, 0.25) is 0 Å².